The molecular formula is C6H8N4O2. The number of rotatable bonds is 2. The smallest absolute Gasteiger partial charge is 0.276 e. The number of primary amides is 1. The summed E-state index contributed by atoms with van der Waals surface area (Å²) in [5.74, 6) is -0.888. The molecule has 6 nitrogen and oxygen atoms in total. The molecule has 1 aliphatic heterocycles. The van der Waals surface area contributed by atoms with Crippen molar-refractivity contribution < 1.29 is 9.59 Å². The summed E-state index contributed by atoms with van der Waals surface area (Å²) in [4.78, 5) is 24.8. The maximum atomic E-state index is 10.9. The molecule has 64 valence electrons. The summed E-state index contributed by atoms with van der Waals surface area (Å²) in [7, 11) is 0. The first-order valence-corrected chi connectivity index (χ1v) is 3.23. The lowest BCUT2D eigenvalue weighted by Crippen LogP contribution is -2.30. The third kappa shape index (κ3) is 1.82. The van der Waals surface area contributed by atoms with E-state index in [1.54, 1.807) is 0 Å². The maximum absolute atomic E-state index is 10.9. The van der Waals surface area contributed by atoms with E-state index in [2.05, 4.69) is 10.3 Å². The van der Waals surface area contributed by atoms with Gasteiger partial charge in [-0.3, -0.25) is 14.9 Å². The average Bonchev–Trinajstić information content (AvgIpc) is 2.26. The van der Waals surface area contributed by atoms with Gasteiger partial charge in [-0.1, -0.05) is 0 Å². The standard InChI is InChI=1S/C6H8N4O2/c7-4(11)2-1-3-5(12)10-6(8)9-3/h1H,2H2,(H2,7,11)(H3,8,9,10,12). The molecule has 0 radical (unpaired) electrons. The van der Waals surface area contributed by atoms with Gasteiger partial charge < -0.3 is 11.5 Å². The first-order chi connectivity index (χ1) is 5.59. The zero-order chi connectivity index (χ0) is 9.14. The number of guanidine groups is 1. The highest BCUT2D eigenvalue weighted by Gasteiger charge is 2.16. The van der Waals surface area contributed by atoms with Crippen LogP contribution in [0, 0.1) is 0 Å². The van der Waals surface area contributed by atoms with Crippen molar-refractivity contribution in [2.45, 2.75) is 6.42 Å². The summed E-state index contributed by atoms with van der Waals surface area (Å²) in [5, 5.41) is 2.26. The zero-order valence-electron chi connectivity index (χ0n) is 6.20. The highest BCUT2D eigenvalue weighted by atomic mass is 16.2. The molecule has 1 heterocycles. The van der Waals surface area contributed by atoms with E-state index in [0.29, 0.717) is 0 Å². The Hall–Kier alpha value is -1.85. The molecule has 0 saturated carbocycles. The normalized spacial score (nSPS) is 19.2. The second-order valence-corrected chi connectivity index (χ2v) is 2.21. The number of carbonyl (C=O) groups excluding carboxylic acids is 2. The van der Waals surface area contributed by atoms with Crippen LogP contribution in [-0.4, -0.2) is 17.8 Å². The summed E-state index contributed by atoms with van der Waals surface area (Å²) in [6.45, 7) is 0. The topological polar surface area (TPSA) is 111 Å². The van der Waals surface area contributed by atoms with E-state index in [-0.39, 0.29) is 18.1 Å². The number of hydrogen-bond acceptors (Lipinski definition) is 4. The minimum Gasteiger partial charge on any atom is -0.369 e. The molecule has 0 saturated heterocycles. The fourth-order valence-electron chi connectivity index (χ4n) is 0.724. The molecule has 0 aromatic rings. The molecule has 5 N–H and O–H groups in total. The van der Waals surface area contributed by atoms with Gasteiger partial charge in [-0.2, -0.15) is 0 Å². The van der Waals surface area contributed by atoms with E-state index < -0.39 is 11.8 Å². The summed E-state index contributed by atoms with van der Waals surface area (Å²) in [6, 6.07) is 0. The lowest BCUT2D eigenvalue weighted by molar-refractivity contribution is -0.117. The third-order valence-corrected chi connectivity index (χ3v) is 1.21. The predicted molar refractivity (Wildman–Crippen MR) is 41.7 cm³/mol. The van der Waals surface area contributed by atoms with Gasteiger partial charge in [0.15, 0.2) is 0 Å². The molecule has 2 amide bonds. The zero-order valence-corrected chi connectivity index (χ0v) is 6.20. The number of amides is 2. The molecule has 0 fully saturated rings. The Balaban J connectivity index is 2.69. The lowest BCUT2D eigenvalue weighted by atomic mass is 10.3. The Kier molecular flexibility index (Phi) is 2.09. The third-order valence-electron chi connectivity index (χ3n) is 1.21. The van der Waals surface area contributed by atoms with Crippen molar-refractivity contribution in [2.75, 3.05) is 0 Å². The molecule has 0 aliphatic carbocycles. The van der Waals surface area contributed by atoms with Crippen molar-refractivity contribution in [1.29, 1.82) is 0 Å². The Morgan fingerprint density at radius 1 is 1.67 bits per heavy atom. The quantitative estimate of drug-likeness (QED) is 0.422. The van der Waals surface area contributed by atoms with Crippen LogP contribution in [0.5, 0.6) is 0 Å². The Bertz CT molecular complexity index is 292. The highest BCUT2D eigenvalue weighted by Crippen LogP contribution is 2.03. The van der Waals surface area contributed by atoms with E-state index >= 15 is 0 Å². The van der Waals surface area contributed by atoms with Gasteiger partial charge in [0.1, 0.15) is 5.70 Å². The summed E-state index contributed by atoms with van der Waals surface area (Å²) in [5.41, 5.74) is 10.2. The van der Waals surface area contributed by atoms with Crippen LogP contribution >= 0.6 is 0 Å². The van der Waals surface area contributed by atoms with Crippen LogP contribution in [0.1, 0.15) is 6.42 Å². The molecule has 0 aromatic carbocycles. The van der Waals surface area contributed by atoms with Crippen LogP contribution in [0.4, 0.5) is 0 Å². The van der Waals surface area contributed by atoms with E-state index in [0.717, 1.165) is 0 Å². The first-order valence-electron chi connectivity index (χ1n) is 3.23. The number of hydrogen-bond donors (Lipinski definition) is 3. The fourth-order valence-corrected chi connectivity index (χ4v) is 0.724. The van der Waals surface area contributed by atoms with E-state index in [1.807, 2.05) is 0 Å². The van der Waals surface area contributed by atoms with Gasteiger partial charge in [0.25, 0.3) is 5.91 Å². The van der Waals surface area contributed by atoms with Crippen LogP contribution in [-0.2, 0) is 9.59 Å². The van der Waals surface area contributed by atoms with Crippen molar-refractivity contribution in [3.63, 3.8) is 0 Å². The molecule has 6 heteroatoms. The molecule has 0 bridgehead atoms. The van der Waals surface area contributed by atoms with E-state index in [4.69, 9.17) is 11.5 Å². The fraction of sp³-hybridized carbons (Fsp3) is 0.167. The van der Waals surface area contributed by atoms with Crippen LogP contribution in [0.25, 0.3) is 0 Å². The van der Waals surface area contributed by atoms with Gasteiger partial charge >= 0.3 is 0 Å². The monoisotopic (exact) mass is 168 g/mol. The van der Waals surface area contributed by atoms with Crippen LogP contribution in [0.2, 0.25) is 0 Å². The Morgan fingerprint density at radius 2 is 2.33 bits per heavy atom. The first kappa shape index (κ1) is 8.25. The van der Waals surface area contributed by atoms with Gasteiger partial charge in [0.2, 0.25) is 11.9 Å². The summed E-state index contributed by atoms with van der Waals surface area (Å²) >= 11 is 0. The Labute approximate surface area is 68.3 Å². The average molecular weight is 168 g/mol. The van der Waals surface area contributed by atoms with Crippen LogP contribution in [0.15, 0.2) is 16.8 Å². The van der Waals surface area contributed by atoms with E-state index in [1.165, 1.54) is 6.08 Å². The molecule has 12 heavy (non-hydrogen) atoms. The second kappa shape index (κ2) is 3.04. The molecule has 0 spiro atoms. The number of nitrogens with two attached hydrogens (primary N) is 2. The number of carbonyl (C=O) groups is 2. The molecule has 0 atom stereocenters. The van der Waals surface area contributed by atoms with Crippen molar-refractivity contribution in [1.82, 2.24) is 5.32 Å². The Morgan fingerprint density at radius 3 is 2.75 bits per heavy atom. The van der Waals surface area contributed by atoms with Crippen molar-refractivity contribution in [3.8, 4) is 0 Å². The molecule has 1 aliphatic rings. The van der Waals surface area contributed by atoms with Gasteiger partial charge in [0, 0.05) is 6.42 Å². The minimum atomic E-state index is -0.518. The second-order valence-electron chi connectivity index (χ2n) is 2.21. The van der Waals surface area contributed by atoms with Gasteiger partial charge in [-0.05, 0) is 6.08 Å². The minimum absolute atomic E-state index is 0.0144. The lowest BCUT2D eigenvalue weighted by Gasteiger charge is -1.89. The maximum Gasteiger partial charge on any atom is 0.276 e. The van der Waals surface area contributed by atoms with E-state index in [9.17, 15) is 9.59 Å². The van der Waals surface area contributed by atoms with Crippen molar-refractivity contribution in [2.24, 2.45) is 16.5 Å². The molecule has 0 aromatic heterocycles. The van der Waals surface area contributed by atoms with Crippen LogP contribution in [0.3, 0.4) is 0 Å². The molecular weight excluding hydrogens is 160 g/mol. The van der Waals surface area contributed by atoms with Gasteiger partial charge in [0.05, 0.1) is 0 Å². The largest absolute Gasteiger partial charge is 0.369 e. The molecule has 0 unspecified atom stereocenters. The van der Waals surface area contributed by atoms with Gasteiger partial charge in [-0.15, -0.1) is 0 Å². The van der Waals surface area contributed by atoms with Crippen LogP contribution < -0.4 is 16.8 Å². The number of aliphatic imine (C=N–C) groups is 1. The highest BCUT2D eigenvalue weighted by molar-refractivity contribution is 6.11. The summed E-state index contributed by atoms with van der Waals surface area (Å²) in [6.07, 6.45) is 1.32. The molecule has 1 rings (SSSR count). The number of nitrogens with one attached hydrogen (secondary N) is 1. The van der Waals surface area contributed by atoms with Gasteiger partial charge in [-0.25, -0.2) is 4.99 Å². The SMILES string of the molecule is NC(=O)CC=C1N=C(N)NC1=O. The van der Waals surface area contributed by atoms with Crippen molar-refractivity contribution >= 4 is 17.8 Å². The summed E-state index contributed by atoms with van der Waals surface area (Å²) < 4.78 is 0. The number of nitrogens with zero attached hydrogens (tertiary/aromatic N) is 1. The predicted octanol–water partition coefficient (Wildman–Crippen LogP) is -1.81. The van der Waals surface area contributed by atoms with Crippen molar-refractivity contribution in [3.05, 3.63) is 11.8 Å².